The van der Waals surface area contributed by atoms with Gasteiger partial charge in [0.25, 0.3) is 0 Å². The van der Waals surface area contributed by atoms with Crippen LogP contribution in [0.3, 0.4) is 0 Å². The lowest BCUT2D eigenvalue weighted by molar-refractivity contribution is -0.870. The van der Waals surface area contributed by atoms with E-state index in [2.05, 4.69) is 6.92 Å². The molecule has 0 aromatic heterocycles. The van der Waals surface area contributed by atoms with Crippen molar-refractivity contribution < 1.29 is 43.0 Å². The molecular formula is C30H65NO8P+. The number of hydrogen-bond acceptors (Lipinski definition) is 7. The van der Waals surface area contributed by atoms with Crippen molar-refractivity contribution in [2.75, 3.05) is 54.1 Å². The van der Waals surface area contributed by atoms with E-state index in [4.69, 9.17) is 18.9 Å². The Morgan fingerprint density at radius 1 is 0.700 bits per heavy atom. The Labute approximate surface area is 245 Å². The summed E-state index contributed by atoms with van der Waals surface area (Å²) >= 11 is 0. The number of nitrogens with zero attached hydrogens (tertiary/aromatic N) is 1. The number of aliphatic hydroxyl groups excluding tert-OH is 3. The van der Waals surface area contributed by atoms with E-state index in [1.165, 1.54) is 70.6 Å². The SMILES string of the molecule is CCCCCCCCCCCCCCCC[C@@H](O)[C@H](COP(=O)(O)OCC[N+](C)(C)C)OCCCCC(O)CO. The molecule has 0 spiro atoms. The van der Waals surface area contributed by atoms with Crippen LogP contribution in [0.5, 0.6) is 0 Å². The predicted molar refractivity (Wildman–Crippen MR) is 162 cm³/mol. The van der Waals surface area contributed by atoms with Crippen molar-refractivity contribution in [1.82, 2.24) is 0 Å². The third-order valence-corrected chi connectivity index (χ3v) is 8.16. The summed E-state index contributed by atoms with van der Waals surface area (Å²) < 4.78 is 29.0. The van der Waals surface area contributed by atoms with Gasteiger partial charge in [-0.05, 0) is 25.7 Å². The van der Waals surface area contributed by atoms with Gasteiger partial charge in [-0.1, -0.05) is 96.8 Å². The van der Waals surface area contributed by atoms with Gasteiger partial charge in [0.1, 0.15) is 19.3 Å². The number of likely N-dealkylation sites (N-methyl/N-ethyl adjacent to an activating group) is 1. The lowest BCUT2D eigenvalue weighted by Crippen LogP contribution is -2.37. The fraction of sp³-hybridized carbons (Fsp3) is 1.00. The molecule has 0 radical (unpaired) electrons. The molecule has 0 aliphatic rings. The average Bonchev–Trinajstić information content (AvgIpc) is 2.89. The van der Waals surface area contributed by atoms with Gasteiger partial charge in [0, 0.05) is 6.61 Å². The zero-order valence-electron chi connectivity index (χ0n) is 26.3. The summed E-state index contributed by atoms with van der Waals surface area (Å²) in [5, 5.41) is 29.2. The summed E-state index contributed by atoms with van der Waals surface area (Å²) in [7, 11) is 1.63. The van der Waals surface area contributed by atoms with Crippen molar-refractivity contribution in [3.8, 4) is 0 Å². The minimum Gasteiger partial charge on any atom is -0.394 e. The monoisotopic (exact) mass is 598 g/mol. The van der Waals surface area contributed by atoms with E-state index in [1.54, 1.807) is 0 Å². The van der Waals surface area contributed by atoms with Gasteiger partial charge in [-0.3, -0.25) is 9.05 Å². The highest BCUT2D eigenvalue weighted by Gasteiger charge is 2.28. The molecule has 0 aromatic rings. The highest BCUT2D eigenvalue weighted by atomic mass is 31.2. The molecule has 0 saturated carbocycles. The van der Waals surface area contributed by atoms with Crippen LogP contribution in [0, 0.1) is 0 Å². The molecule has 0 amide bonds. The summed E-state index contributed by atoms with van der Waals surface area (Å²) in [6.45, 7) is 2.70. The van der Waals surface area contributed by atoms with Gasteiger partial charge in [-0.25, -0.2) is 4.57 Å². The van der Waals surface area contributed by atoms with Crippen molar-refractivity contribution in [3.05, 3.63) is 0 Å². The van der Waals surface area contributed by atoms with Crippen LogP contribution < -0.4 is 0 Å². The molecule has 4 atom stereocenters. The summed E-state index contributed by atoms with van der Waals surface area (Å²) in [5.74, 6) is 0. The molecule has 40 heavy (non-hydrogen) atoms. The number of phosphoric ester groups is 1. The lowest BCUT2D eigenvalue weighted by atomic mass is 10.0. The largest absolute Gasteiger partial charge is 0.472 e. The van der Waals surface area contributed by atoms with Gasteiger partial charge in [0.2, 0.25) is 0 Å². The van der Waals surface area contributed by atoms with Gasteiger partial charge in [-0.2, -0.15) is 0 Å². The number of ether oxygens (including phenoxy) is 1. The Balaban J connectivity index is 4.27. The van der Waals surface area contributed by atoms with Crippen LogP contribution in [0.15, 0.2) is 0 Å². The van der Waals surface area contributed by atoms with Gasteiger partial charge in [-0.15, -0.1) is 0 Å². The Kier molecular flexibility index (Phi) is 25.4. The van der Waals surface area contributed by atoms with Crippen molar-refractivity contribution in [2.24, 2.45) is 0 Å². The summed E-state index contributed by atoms with van der Waals surface area (Å²) in [6, 6.07) is 0. The number of aliphatic hydroxyl groups is 3. The second-order valence-corrected chi connectivity index (χ2v) is 13.8. The first-order valence-electron chi connectivity index (χ1n) is 16.0. The molecule has 0 saturated heterocycles. The van der Waals surface area contributed by atoms with Crippen LogP contribution in [0.25, 0.3) is 0 Å². The summed E-state index contributed by atoms with van der Waals surface area (Å²) in [6.07, 6.45) is 17.7. The van der Waals surface area contributed by atoms with Crippen molar-refractivity contribution in [3.63, 3.8) is 0 Å². The molecule has 4 N–H and O–H groups in total. The Bertz CT molecular complexity index is 605. The highest BCUT2D eigenvalue weighted by molar-refractivity contribution is 7.47. The van der Waals surface area contributed by atoms with Crippen molar-refractivity contribution >= 4 is 7.82 Å². The third-order valence-electron chi connectivity index (χ3n) is 7.18. The normalized spacial score (nSPS) is 16.1. The highest BCUT2D eigenvalue weighted by Crippen LogP contribution is 2.43. The second kappa shape index (κ2) is 25.4. The van der Waals surface area contributed by atoms with Gasteiger partial charge in [0.15, 0.2) is 0 Å². The number of phosphoric acid groups is 1. The Hall–Kier alpha value is -0.0900. The lowest BCUT2D eigenvalue weighted by Gasteiger charge is -2.26. The second-order valence-electron chi connectivity index (χ2n) is 12.3. The molecule has 242 valence electrons. The Morgan fingerprint density at radius 2 is 1.20 bits per heavy atom. The quantitative estimate of drug-likeness (QED) is 0.0453. The minimum atomic E-state index is -4.26. The first-order valence-corrected chi connectivity index (χ1v) is 17.5. The van der Waals surface area contributed by atoms with Crippen LogP contribution in [-0.2, 0) is 18.3 Å². The maximum Gasteiger partial charge on any atom is 0.472 e. The molecular weight excluding hydrogens is 533 g/mol. The zero-order valence-corrected chi connectivity index (χ0v) is 27.2. The van der Waals surface area contributed by atoms with E-state index in [0.29, 0.717) is 43.3 Å². The first-order chi connectivity index (χ1) is 19.0. The first kappa shape index (κ1) is 39.9. The average molecular weight is 599 g/mol. The number of rotatable bonds is 30. The zero-order chi connectivity index (χ0) is 30.1. The molecule has 0 fully saturated rings. The van der Waals surface area contributed by atoms with Crippen molar-refractivity contribution in [2.45, 2.75) is 141 Å². The molecule has 10 heteroatoms. The van der Waals surface area contributed by atoms with Gasteiger partial charge < -0.3 is 29.4 Å². The smallest absolute Gasteiger partial charge is 0.394 e. The van der Waals surface area contributed by atoms with Crippen LogP contribution in [0.4, 0.5) is 0 Å². The minimum absolute atomic E-state index is 0.0809. The topological polar surface area (TPSA) is 126 Å². The number of quaternary nitrogens is 1. The molecule has 0 aliphatic heterocycles. The molecule has 0 heterocycles. The van der Waals surface area contributed by atoms with Gasteiger partial charge >= 0.3 is 7.82 Å². The van der Waals surface area contributed by atoms with Gasteiger partial charge in [0.05, 0.1) is 46.6 Å². The molecule has 0 bridgehead atoms. The van der Waals surface area contributed by atoms with Crippen LogP contribution in [0.2, 0.25) is 0 Å². The van der Waals surface area contributed by atoms with Crippen molar-refractivity contribution in [1.29, 1.82) is 0 Å². The molecule has 0 aliphatic carbocycles. The maximum atomic E-state index is 12.3. The van der Waals surface area contributed by atoms with Crippen LogP contribution in [0.1, 0.15) is 122 Å². The number of unbranched alkanes of at least 4 members (excludes halogenated alkanes) is 14. The maximum absolute atomic E-state index is 12.3. The Morgan fingerprint density at radius 3 is 1.70 bits per heavy atom. The van der Waals surface area contributed by atoms with E-state index < -0.39 is 26.1 Å². The number of hydrogen-bond donors (Lipinski definition) is 4. The van der Waals surface area contributed by atoms with E-state index in [0.717, 1.165) is 19.3 Å². The van der Waals surface area contributed by atoms with E-state index >= 15 is 0 Å². The van der Waals surface area contributed by atoms with E-state index in [1.807, 2.05) is 21.1 Å². The van der Waals surface area contributed by atoms with Crippen LogP contribution in [-0.4, -0.2) is 97.1 Å². The van der Waals surface area contributed by atoms with E-state index in [9.17, 15) is 19.7 Å². The standard InChI is InChI=1S/C30H64NO8P/c1-5-6-7-8-9-10-11-12-13-14-15-16-17-18-22-29(34)30(37-24-20-19-21-28(33)26-32)27-39-40(35,36)38-25-23-31(2,3)4/h28-30,32-34H,5-27H2,1-4H3/p+1/t28?,29-,30+/m1/s1. The van der Waals surface area contributed by atoms with E-state index in [-0.39, 0.29) is 19.8 Å². The summed E-state index contributed by atoms with van der Waals surface area (Å²) in [5.41, 5.74) is 0. The third kappa shape index (κ3) is 26.8. The molecule has 0 rings (SSSR count). The molecule has 9 nitrogen and oxygen atoms in total. The fourth-order valence-electron chi connectivity index (χ4n) is 4.45. The molecule has 2 unspecified atom stereocenters. The predicted octanol–water partition coefficient (Wildman–Crippen LogP) is 5.97. The fourth-order valence-corrected chi connectivity index (χ4v) is 5.17. The summed E-state index contributed by atoms with van der Waals surface area (Å²) in [4.78, 5) is 10.1. The molecule has 0 aromatic carbocycles. The van der Waals surface area contributed by atoms with Crippen LogP contribution >= 0.6 is 7.82 Å².